The Morgan fingerprint density at radius 3 is 2.71 bits per heavy atom. The minimum absolute atomic E-state index is 0.0440. The molecule has 1 aromatic carbocycles. The molecule has 0 spiro atoms. The van der Waals surface area contributed by atoms with E-state index in [0.717, 1.165) is 25.7 Å². The molecule has 5 N–H and O–H groups in total. The van der Waals surface area contributed by atoms with Crippen LogP contribution in [0.5, 0.6) is 0 Å². The zero-order valence-electron chi connectivity index (χ0n) is 11.6. The van der Waals surface area contributed by atoms with Crippen LogP contribution in [0.25, 0.3) is 11.0 Å². The SMILES string of the molecule is NNc1nc2ccc(S(=O)(=O)NC3CCCCC3)cc2[nH]1. The van der Waals surface area contributed by atoms with Gasteiger partial charge in [-0.05, 0) is 31.0 Å². The second kappa shape index (κ2) is 5.63. The molecule has 8 heteroatoms. The normalized spacial score (nSPS) is 17.2. The fraction of sp³-hybridized carbons (Fsp3) is 0.462. The van der Waals surface area contributed by atoms with Crippen molar-refractivity contribution < 1.29 is 8.42 Å². The van der Waals surface area contributed by atoms with Crippen LogP contribution in [0.3, 0.4) is 0 Å². The van der Waals surface area contributed by atoms with Crippen molar-refractivity contribution in [3.05, 3.63) is 18.2 Å². The standard InChI is InChI=1S/C13H19N5O2S/c14-17-13-15-11-7-6-10(8-12(11)16-13)21(19,20)18-9-4-2-1-3-5-9/h6-9,18H,1-5,14H2,(H2,15,16,17). The Morgan fingerprint density at radius 1 is 1.24 bits per heavy atom. The van der Waals surface area contributed by atoms with E-state index in [1.165, 1.54) is 6.42 Å². The Labute approximate surface area is 123 Å². The molecule has 1 aliphatic rings. The monoisotopic (exact) mass is 309 g/mol. The molecular weight excluding hydrogens is 290 g/mol. The molecule has 3 rings (SSSR count). The minimum Gasteiger partial charge on any atom is -0.323 e. The van der Waals surface area contributed by atoms with Gasteiger partial charge in [0.1, 0.15) is 0 Å². The highest BCUT2D eigenvalue weighted by atomic mass is 32.2. The van der Waals surface area contributed by atoms with Gasteiger partial charge in [0.05, 0.1) is 15.9 Å². The van der Waals surface area contributed by atoms with Crippen LogP contribution >= 0.6 is 0 Å². The van der Waals surface area contributed by atoms with Gasteiger partial charge in [0.15, 0.2) is 0 Å². The largest absolute Gasteiger partial charge is 0.323 e. The zero-order chi connectivity index (χ0) is 14.9. The molecule has 21 heavy (non-hydrogen) atoms. The lowest BCUT2D eigenvalue weighted by Gasteiger charge is -2.22. The van der Waals surface area contributed by atoms with E-state index >= 15 is 0 Å². The number of sulfonamides is 1. The van der Waals surface area contributed by atoms with Gasteiger partial charge in [0.2, 0.25) is 16.0 Å². The highest BCUT2D eigenvalue weighted by Gasteiger charge is 2.22. The number of hydrogen-bond donors (Lipinski definition) is 4. The Kier molecular flexibility index (Phi) is 3.83. The first-order valence-electron chi connectivity index (χ1n) is 7.07. The molecule has 2 aromatic rings. The summed E-state index contributed by atoms with van der Waals surface area (Å²) < 4.78 is 27.7. The number of nitrogen functional groups attached to an aromatic ring is 1. The third-order valence-electron chi connectivity index (χ3n) is 3.83. The number of anilines is 1. The van der Waals surface area contributed by atoms with Gasteiger partial charge in [-0.1, -0.05) is 19.3 Å². The van der Waals surface area contributed by atoms with Crippen LogP contribution in [-0.4, -0.2) is 24.4 Å². The quantitative estimate of drug-likeness (QED) is 0.504. The highest BCUT2D eigenvalue weighted by molar-refractivity contribution is 7.89. The van der Waals surface area contributed by atoms with Gasteiger partial charge in [-0.3, -0.25) is 5.43 Å². The number of rotatable bonds is 4. The van der Waals surface area contributed by atoms with Crippen LogP contribution in [0.1, 0.15) is 32.1 Å². The van der Waals surface area contributed by atoms with Gasteiger partial charge in [0, 0.05) is 6.04 Å². The maximum Gasteiger partial charge on any atom is 0.240 e. The minimum atomic E-state index is -3.50. The summed E-state index contributed by atoms with van der Waals surface area (Å²) in [6.45, 7) is 0. The van der Waals surface area contributed by atoms with Crippen molar-refractivity contribution in [2.45, 2.75) is 43.0 Å². The van der Waals surface area contributed by atoms with E-state index in [0.29, 0.717) is 17.0 Å². The number of imidazole rings is 1. The molecule has 1 aromatic heterocycles. The number of nitrogens with two attached hydrogens (primary N) is 1. The summed E-state index contributed by atoms with van der Waals surface area (Å²) in [5.41, 5.74) is 3.71. The van der Waals surface area contributed by atoms with E-state index in [2.05, 4.69) is 20.1 Å². The van der Waals surface area contributed by atoms with Crippen LogP contribution in [0.4, 0.5) is 5.95 Å². The van der Waals surface area contributed by atoms with Crippen LogP contribution in [0.15, 0.2) is 23.1 Å². The topological polar surface area (TPSA) is 113 Å². The number of H-pyrrole nitrogens is 1. The van der Waals surface area contributed by atoms with E-state index in [1.807, 2.05) is 0 Å². The van der Waals surface area contributed by atoms with E-state index in [1.54, 1.807) is 18.2 Å². The van der Waals surface area contributed by atoms with Gasteiger partial charge in [-0.15, -0.1) is 0 Å². The van der Waals surface area contributed by atoms with E-state index in [9.17, 15) is 8.42 Å². The number of hydrogen-bond acceptors (Lipinski definition) is 5. The number of hydrazine groups is 1. The lowest BCUT2D eigenvalue weighted by molar-refractivity contribution is 0.412. The number of aromatic nitrogens is 2. The molecule has 0 amide bonds. The third-order valence-corrected chi connectivity index (χ3v) is 5.35. The molecule has 0 bridgehead atoms. The molecule has 1 fully saturated rings. The molecule has 114 valence electrons. The fourth-order valence-corrected chi connectivity index (χ4v) is 4.06. The first-order valence-corrected chi connectivity index (χ1v) is 8.55. The second-order valence-electron chi connectivity index (χ2n) is 5.36. The predicted molar refractivity (Wildman–Crippen MR) is 81.1 cm³/mol. The van der Waals surface area contributed by atoms with Gasteiger partial charge in [-0.25, -0.2) is 24.0 Å². The summed E-state index contributed by atoms with van der Waals surface area (Å²) in [4.78, 5) is 7.33. The fourth-order valence-electron chi connectivity index (χ4n) is 2.73. The Hall–Kier alpha value is -1.64. The van der Waals surface area contributed by atoms with Crippen molar-refractivity contribution in [2.75, 3.05) is 5.43 Å². The molecule has 0 atom stereocenters. The average molecular weight is 309 g/mol. The molecule has 1 aliphatic carbocycles. The van der Waals surface area contributed by atoms with Gasteiger partial charge in [0.25, 0.3) is 0 Å². The molecule has 0 unspecified atom stereocenters. The van der Waals surface area contributed by atoms with Crippen molar-refractivity contribution in [1.82, 2.24) is 14.7 Å². The molecule has 0 saturated heterocycles. The molecule has 0 aliphatic heterocycles. The van der Waals surface area contributed by atoms with Crippen LogP contribution < -0.4 is 16.0 Å². The lowest BCUT2D eigenvalue weighted by atomic mass is 9.96. The maximum atomic E-state index is 12.4. The van der Waals surface area contributed by atoms with Gasteiger partial charge < -0.3 is 4.98 Å². The second-order valence-corrected chi connectivity index (χ2v) is 7.08. The van der Waals surface area contributed by atoms with Crippen molar-refractivity contribution in [3.63, 3.8) is 0 Å². The van der Waals surface area contributed by atoms with Crippen molar-refractivity contribution in [1.29, 1.82) is 0 Å². The third kappa shape index (κ3) is 3.02. The lowest BCUT2D eigenvalue weighted by Crippen LogP contribution is -2.36. The van der Waals surface area contributed by atoms with E-state index < -0.39 is 10.0 Å². The van der Waals surface area contributed by atoms with Crippen molar-refractivity contribution >= 4 is 27.0 Å². The van der Waals surface area contributed by atoms with E-state index in [-0.39, 0.29) is 10.9 Å². The average Bonchev–Trinajstić information content (AvgIpc) is 2.90. The van der Waals surface area contributed by atoms with Crippen molar-refractivity contribution in [3.8, 4) is 0 Å². The summed E-state index contributed by atoms with van der Waals surface area (Å²) in [5.74, 6) is 5.69. The number of nitrogens with one attached hydrogen (secondary N) is 3. The predicted octanol–water partition coefficient (Wildman–Crippen LogP) is 1.46. The summed E-state index contributed by atoms with van der Waals surface area (Å²) >= 11 is 0. The molecule has 1 saturated carbocycles. The number of nitrogens with zero attached hydrogens (tertiary/aromatic N) is 1. The number of aromatic amines is 1. The summed E-state index contributed by atoms with van der Waals surface area (Å²) in [5, 5.41) is 0. The van der Waals surface area contributed by atoms with Crippen LogP contribution in [-0.2, 0) is 10.0 Å². The first kappa shape index (κ1) is 14.3. The molecule has 7 nitrogen and oxygen atoms in total. The van der Waals surface area contributed by atoms with Crippen LogP contribution in [0, 0.1) is 0 Å². The number of fused-ring (bicyclic) bond motifs is 1. The Morgan fingerprint density at radius 2 is 2.00 bits per heavy atom. The maximum absolute atomic E-state index is 12.4. The summed E-state index contributed by atoms with van der Waals surface area (Å²) in [6, 6.07) is 4.85. The molecule has 0 radical (unpaired) electrons. The zero-order valence-corrected chi connectivity index (χ0v) is 12.4. The van der Waals surface area contributed by atoms with Gasteiger partial charge in [-0.2, -0.15) is 0 Å². The number of benzene rings is 1. The summed E-state index contributed by atoms with van der Waals surface area (Å²) in [6.07, 6.45) is 5.17. The van der Waals surface area contributed by atoms with Gasteiger partial charge >= 0.3 is 0 Å². The Bertz CT molecular complexity index is 734. The van der Waals surface area contributed by atoms with E-state index in [4.69, 9.17) is 5.84 Å². The first-order chi connectivity index (χ1) is 10.1. The van der Waals surface area contributed by atoms with Crippen LogP contribution in [0.2, 0.25) is 0 Å². The molecule has 1 heterocycles. The Balaban J connectivity index is 1.86. The summed E-state index contributed by atoms with van der Waals surface area (Å²) in [7, 11) is -3.50. The van der Waals surface area contributed by atoms with Crippen molar-refractivity contribution in [2.24, 2.45) is 5.84 Å². The molecular formula is C13H19N5O2S. The highest BCUT2D eigenvalue weighted by Crippen LogP contribution is 2.22. The smallest absolute Gasteiger partial charge is 0.240 e.